The zero-order valence-corrected chi connectivity index (χ0v) is 20.5. The number of nitrogens with zero attached hydrogens (tertiary/aromatic N) is 1. The van der Waals surface area contributed by atoms with Gasteiger partial charge in [-0.05, 0) is 30.5 Å². The van der Waals surface area contributed by atoms with Gasteiger partial charge in [0.1, 0.15) is 4.21 Å². The van der Waals surface area contributed by atoms with Gasteiger partial charge in [-0.3, -0.25) is 4.99 Å². The number of thiophene rings is 1. The number of sulfone groups is 1. The number of halogens is 1. The molecule has 0 saturated heterocycles. The Balaban J connectivity index is 0.00000320. The van der Waals surface area contributed by atoms with Crippen LogP contribution in [0.3, 0.4) is 0 Å². The third-order valence-electron chi connectivity index (χ3n) is 4.03. The summed E-state index contributed by atoms with van der Waals surface area (Å²) in [6.45, 7) is 3.69. The van der Waals surface area contributed by atoms with Crippen LogP contribution in [0.15, 0.2) is 44.9 Å². The largest absolute Gasteiger partial charge is 0.490 e. The summed E-state index contributed by atoms with van der Waals surface area (Å²) >= 11 is 1.14. The second-order valence-electron chi connectivity index (χ2n) is 6.42. The first-order valence-corrected chi connectivity index (χ1v) is 11.9. The predicted octanol–water partition coefficient (Wildman–Crippen LogP) is 2.74. The van der Waals surface area contributed by atoms with E-state index in [0.29, 0.717) is 37.2 Å². The summed E-state index contributed by atoms with van der Waals surface area (Å²) in [4.78, 5) is 4.32. The van der Waals surface area contributed by atoms with Crippen molar-refractivity contribution in [2.75, 3.05) is 37.4 Å². The van der Waals surface area contributed by atoms with E-state index in [-0.39, 0.29) is 40.5 Å². The van der Waals surface area contributed by atoms with Gasteiger partial charge in [-0.15, -0.1) is 35.3 Å². The zero-order chi connectivity index (χ0) is 20.7. The minimum atomic E-state index is -3.52. The van der Waals surface area contributed by atoms with Crippen LogP contribution in [0.5, 0.6) is 11.5 Å². The number of rotatable bonds is 7. The lowest BCUT2D eigenvalue weighted by atomic mass is 10.3. The lowest BCUT2D eigenvalue weighted by molar-refractivity contribution is 0.206. The molecule has 0 fully saturated rings. The molecule has 1 aromatic heterocycles. The van der Waals surface area contributed by atoms with Crippen LogP contribution < -0.4 is 20.1 Å². The topological polar surface area (TPSA) is 109 Å². The van der Waals surface area contributed by atoms with Crippen molar-refractivity contribution >= 4 is 56.8 Å². The van der Waals surface area contributed by atoms with Crippen molar-refractivity contribution in [3.05, 3.63) is 35.7 Å². The Morgan fingerprint density at radius 3 is 2.73 bits per heavy atom. The van der Waals surface area contributed by atoms with Crippen LogP contribution >= 0.6 is 35.3 Å². The fourth-order valence-corrected chi connectivity index (χ4v) is 5.18. The third-order valence-corrected chi connectivity index (χ3v) is 7.31. The normalized spacial score (nSPS) is 14.9. The highest BCUT2D eigenvalue weighted by Crippen LogP contribution is 2.32. The highest BCUT2D eigenvalue weighted by molar-refractivity contribution is 14.0. The zero-order valence-electron chi connectivity index (χ0n) is 16.5. The molecule has 0 aliphatic carbocycles. The number of aliphatic imine (C=N–C) groups is 1. The molecule has 166 valence electrons. The van der Waals surface area contributed by atoms with Gasteiger partial charge in [0.25, 0.3) is 0 Å². The SMILES string of the molecule is CCNC(=NCC(O)CS(=O)(=O)c1cccs1)Nc1ccc2c(c1)OCCCO2.I. The van der Waals surface area contributed by atoms with Crippen molar-refractivity contribution in [1.29, 1.82) is 0 Å². The van der Waals surface area contributed by atoms with Crippen LogP contribution in [0, 0.1) is 0 Å². The van der Waals surface area contributed by atoms with Crippen LogP contribution in [0.1, 0.15) is 13.3 Å². The Bertz CT molecular complexity index is 936. The van der Waals surface area contributed by atoms with Crippen LogP contribution in [-0.2, 0) is 9.84 Å². The summed E-state index contributed by atoms with van der Waals surface area (Å²) in [5, 5.41) is 18.1. The minimum absolute atomic E-state index is 0. The molecule has 30 heavy (non-hydrogen) atoms. The van der Waals surface area contributed by atoms with Crippen LogP contribution in [0.4, 0.5) is 5.69 Å². The van der Waals surface area contributed by atoms with E-state index in [2.05, 4.69) is 15.6 Å². The van der Waals surface area contributed by atoms with E-state index < -0.39 is 15.9 Å². The van der Waals surface area contributed by atoms with E-state index in [1.54, 1.807) is 11.4 Å². The lowest BCUT2D eigenvalue weighted by Crippen LogP contribution is -2.32. The second-order valence-corrected chi connectivity index (χ2v) is 9.63. The summed E-state index contributed by atoms with van der Waals surface area (Å²) in [7, 11) is -3.52. The van der Waals surface area contributed by atoms with Gasteiger partial charge in [-0.25, -0.2) is 8.42 Å². The van der Waals surface area contributed by atoms with Gasteiger partial charge in [-0.2, -0.15) is 0 Å². The Kier molecular flexibility index (Phi) is 9.65. The highest BCUT2D eigenvalue weighted by Gasteiger charge is 2.20. The first-order valence-electron chi connectivity index (χ1n) is 9.37. The smallest absolute Gasteiger partial charge is 0.195 e. The Labute approximate surface area is 197 Å². The predicted molar refractivity (Wildman–Crippen MR) is 129 cm³/mol. The molecular formula is C19H26IN3O5S2. The average molecular weight is 567 g/mol. The number of hydrogen-bond donors (Lipinski definition) is 3. The van der Waals surface area contributed by atoms with Gasteiger partial charge in [0.05, 0.1) is 31.6 Å². The fourth-order valence-electron chi connectivity index (χ4n) is 2.71. The molecule has 11 heteroatoms. The van der Waals surface area contributed by atoms with E-state index in [4.69, 9.17) is 9.47 Å². The lowest BCUT2D eigenvalue weighted by Gasteiger charge is -2.14. The first-order chi connectivity index (χ1) is 14.0. The number of nitrogens with one attached hydrogen (secondary N) is 2. The number of ether oxygens (including phenoxy) is 2. The van der Waals surface area contributed by atoms with Gasteiger partial charge in [0.2, 0.25) is 0 Å². The van der Waals surface area contributed by atoms with Crippen molar-refractivity contribution in [3.8, 4) is 11.5 Å². The summed E-state index contributed by atoms with van der Waals surface area (Å²) in [5.41, 5.74) is 0.745. The van der Waals surface area contributed by atoms with Crippen molar-refractivity contribution in [1.82, 2.24) is 5.32 Å². The number of benzene rings is 1. The number of guanidine groups is 1. The molecule has 0 radical (unpaired) electrons. The molecule has 2 aromatic rings. The van der Waals surface area contributed by atoms with Gasteiger partial charge >= 0.3 is 0 Å². The maximum Gasteiger partial charge on any atom is 0.195 e. The van der Waals surface area contributed by atoms with Gasteiger partial charge in [0.15, 0.2) is 27.3 Å². The summed E-state index contributed by atoms with van der Waals surface area (Å²) in [6, 6.07) is 8.70. The monoisotopic (exact) mass is 567 g/mol. The molecule has 1 unspecified atom stereocenters. The Morgan fingerprint density at radius 1 is 1.27 bits per heavy atom. The second kappa shape index (κ2) is 11.7. The van der Waals surface area contributed by atoms with E-state index in [9.17, 15) is 13.5 Å². The van der Waals surface area contributed by atoms with Crippen molar-refractivity contribution < 1.29 is 23.0 Å². The number of aliphatic hydroxyl groups excluding tert-OH is 1. The molecule has 0 bridgehead atoms. The standard InChI is InChI=1S/C19H25N3O5S2.HI/c1-2-20-19(21-12-15(23)13-29(24,25)18-5-3-10-28-18)22-14-6-7-16-17(11-14)27-9-4-8-26-16;/h3,5-7,10-11,15,23H,2,4,8-9,12-13H2,1H3,(H2,20,21,22);1H. The molecular weight excluding hydrogens is 541 g/mol. The number of hydrogen-bond acceptors (Lipinski definition) is 7. The number of anilines is 1. The van der Waals surface area contributed by atoms with Crippen molar-refractivity contribution in [2.45, 2.75) is 23.7 Å². The molecule has 2 heterocycles. The summed E-state index contributed by atoms with van der Waals surface area (Å²) in [6.07, 6.45) is -0.283. The molecule has 1 aromatic carbocycles. The van der Waals surface area contributed by atoms with E-state index in [0.717, 1.165) is 23.4 Å². The third kappa shape index (κ3) is 7.00. The average Bonchev–Trinajstić information content (AvgIpc) is 3.14. The maximum absolute atomic E-state index is 12.3. The van der Waals surface area contributed by atoms with Gasteiger partial charge in [-0.1, -0.05) is 6.07 Å². The van der Waals surface area contributed by atoms with E-state index in [1.807, 2.05) is 25.1 Å². The molecule has 1 aliphatic heterocycles. The van der Waals surface area contributed by atoms with Crippen LogP contribution in [0.2, 0.25) is 0 Å². The molecule has 3 rings (SSSR count). The van der Waals surface area contributed by atoms with Gasteiger partial charge in [0, 0.05) is 24.7 Å². The van der Waals surface area contributed by atoms with Crippen molar-refractivity contribution in [3.63, 3.8) is 0 Å². The summed E-state index contributed by atoms with van der Waals surface area (Å²) < 4.78 is 36.1. The maximum atomic E-state index is 12.3. The van der Waals surface area contributed by atoms with Gasteiger partial charge < -0.3 is 25.2 Å². The fraction of sp³-hybridized carbons (Fsp3) is 0.421. The molecule has 1 aliphatic rings. The minimum Gasteiger partial charge on any atom is -0.490 e. The van der Waals surface area contributed by atoms with Crippen LogP contribution in [-0.4, -0.2) is 57.6 Å². The molecule has 8 nitrogen and oxygen atoms in total. The highest BCUT2D eigenvalue weighted by atomic mass is 127. The number of aliphatic hydroxyl groups is 1. The van der Waals surface area contributed by atoms with Crippen LogP contribution in [0.25, 0.3) is 0 Å². The first kappa shape index (κ1) is 24.7. The Hall–Kier alpha value is -1.57. The number of fused-ring (bicyclic) bond motifs is 1. The quantitative estimate of drug-likeness (QED) is 0.268. The molecule has 0 amide bonds. The Morgan fingerprint density at radius 2 is 2.03 bits per heavy atom. The van der Waals surface area contributed by atoms with Crippen molar-refractivity contribution in [2.24, 2.45) is 4.99 Å². The summed E-state index contributed by atoms with van der Waals surface area (Å²) in [5.74, 6) is 1.42. The molecule has 0 saturated carbocycles. The molecule has 0 spiro atoms. The van der Waals surface area contributed by atoms with E-state index >= 15 is 0 Å². The van der Waals surface area contributed by atoms with E-state index in [1.165, 1.54) is 6.07 Å². The molecule has 3 N–H and O–H groups in total. The molecule has 1 atom stereocenters.